The van der Waals surface area contributed by atoms with Crippen LogP contribution in [0.15, 0.2) is 23.8 Å². The summed E-state index contributed by atoms with van der Waals surface area (Å²) < 4.78 is 0. The molecule has 76 valence electrons. The molecule has 0 aromatic carbocycles. The molecule has 0 radical (unpaired) electrons. The first kappa shape index (κ1) is 10.9. The van der Waals surface area contributed by atoms with E-state index in [9.17, 15) is 0 Å². The van der Waals surface area contributed by atoms with Crippen molar-refractivity contribution in [1.82, 2.24) is 10.2 Å². The second kappa shape index (κ2) is 4.38. The van der Waals surface area contributed by atoms with Crippen molar-refractivity contribution in [1.29, 1.82) is 5.26 Å². The first-order chi connectivity index (χ1) is 7.06. The van der Waals surface area contributed by atoms with Crippen LogP contribution in [-0.2, 0) is 0 Å². The van der Waals surface area contributed by atoms with Crippen molar-refractivity contribution in [2.75, 3.05) is 0 Å². The highest BCUT2D eigenvalue weighted by atomic mass is 15.1. The third-order valence-electron chi connectivity index (χ3n) is 1.95. The van der Waals surface area contributed by atoms with Gasteiger partial charge < -0.3 is 0 Å². The number of aromatic amines is 1. The van der Waals surface area contributed by atoms with E-state index in [0.717, 1.165) is 22.5 Å². The fraction of sp³-hybridized carbons (Fsp3) is 0.182. The van der Waals surface area contributed by atoms with Gasteiger partial charge in [0.05, 0.1) is 5.69 Å². The zero-order valence-electron chi connectivity index (χ0n) is 8.83. The van der Waals surface area contributed by atoms with Crippen LogP contribution >= 0.6 is 0 Å². The summed E-state index contributed by atoms with van der Waals surface area (Å²) >= 11 is 0. The van der Waals surface area contributed by atoms with Gasteiger partial charge in [0.25, 0.3) is 0 Å². The van der Waals surface area contributed by atoms with E-state index in [-0.39, 0.29) is 5.70 Å². The quantitative estimate of drug-likeness (QED) is 0.600. The molecule has 0 saturated carbocycles. The number of rotatable bonds is 3. The topological polar surface area (TPSA) is 64.8 Å². The number of hydrogen-bond donors (Lipinski definition) is 1. The number of aryl methyl sites for hydroxylation is 2. The highest BCUT2D eigenvalue weighted by molar-refractivity contribution is 6.10. The molecule has 0 aliphatic heterocycles. The summed E-state index contributed by atoms with van der Waals surface area (Å²) in [4.78, 5) is 3.86. The Labute approximate surface area is 88.7 Å². The zero-order valence-corrected chi connectivity index (χ0v) is 8.83. The number of allylic oxidation sites excluding steroid dienone is 2. The lowest BCUT2D eigenvalue weighted by atomic mass is 10.1. The summed E-state index contributed by atoms with van der Waals surface area (Å²) in [5, 5.41) is 15.4. The normalized spacial score (nSPS) is 10.2. The van der Waals surface area contributed by atoms with Gasteiger partial charge in [0.2, 0.25) is 0 Å². The molecule has 0 aliphatic rings. The Morgan fingerprint density at radius 2 is 2.20 bits per heavy atom. The predicted molar refractivity (Wildman–Crippen MR) is 60.3 cm³/mol. The second-order valence-corrected chi connectivity index (χ2v) is 3.15. The van der Waals surface area contributed by atoms with Crippen molar-refractivity contribution in [3.05, 3.63) is 35.8 Å². The Morgan fingerprint density at radius 3 is 2.67 bits per heavy atom. The lowest BCUT2D eigenvalue weighted by molar-refractivity contribution is 1.02. The largest absolute Gasteiger partial charge is 0.282 e. The maximum Gasteiger partial charge on any atom is 0.133 e. The van der Waals surface area contributed by atoms with E-state index in [2.05, 4.69) is 28.3 Å². The van der Waals surface area contributed by atoms with Crippen molar-refractivity contribution in [3.63, 3.8) is 0 Å². The average molecular weight is 200 g/mol. The lowest BCUT2D eigenvalue weighted by Crippen LogP contribution is -1.88. The molecule has 1 rings (SSSR count). The van der Waals surface area contributed by atoms with E-state index < -0.39 is 0 Å². The summed E-state index contributed by atoms with van der Waals surface area (Å²) in [6.45, 7) is 11.1. The van der Waals surface area contributed by atoms with E-state index >= 15 is 0 Å². The summed E-state index contributed by atoms with van der Waals surface area (Å²) in [5.74, 6) is 0. The monoisotopic (exact) mass is 200 g/mol. The average Bonchev–Trinajstić information content (AvgIpc) is 2.54. The molecule has 0 atom stereocenters. The van der Waals surface area contributed by atoms with Crippen LogP contribution in [0, 0.1) is 25.2 Å². The van der Waals surface area contributed by atoms with Crippen molar-refractivity contribution >= 4 is 11.8 Å². The van der Waals surface area contributed by atoms with Gasteiger partial charge in [-0.05, 0) is 19.4 Å². The maximum atomic E-state index is 8.48. The third-order valence-corrected chi connectivity index (χ3v) is 1.95. The highest BCUT2D eigenvalue weighted by Gasteiger charge is 2.07. The second-order valence-electron chi connectivity index (χ2n) is 3.15. The molecule has 0 aliphatic carbocycles. The van der Waals surface area contributed by atoms with Crippen LogP contribution in [0.2, 0.25) is 0 Å². The number of nitriles is 1. The third kappa shape index (κ3) is 2.41. The maximum absolute atomic E-state index is 8.48. The van der Waals surface area contributed by atoms with Crippen molar-refractivity contribution in [2.24, 2.45) is 4.99 Å². The van der Waals surface area contributed by atoms with Crippen LogP contribution in [0.4, 0.5) is 0 Å². The van der Waals surface area contributed by atoms with Crippen LogP contribution in [0.3, 0.4) is 0 Å². The summed E-state index contributed by atoms with van der Waals surface area (Å²) in [7, 11) is 0. The van der Waals surface area contributed by atoms with E-state index in [1.165, 1.54) is 6.21 Å². The number of hydrogen-bond acceptors (Lipinski definition) is 3. The van der Waals surface area contributed by atoms with Crippen LogP contribution in [0.1, 0.15) is 17.0 Å². The summed E-state index contributed by atoms with van der Waals surface area (Å²) in [6.07, 6.45) is 1.52. The number of H-pyrrole nitrogens is 1. The van der Waals surface area contributed by atoms with Gasteiger partial charge in [-0.1, -0.05) is 13.2 Å². The molecule has 1 heterocycles. The van der Waals surface area contributed by atoms with Gasteiger partial charge in [0.15, 0.2) is 0 Å². The van der Waals surface area contributed by atoms with Crippen LogP contribution in [-0.4, -0.2) is 16.4 Å². The minimum atomic E-state index is 0.162. The van der Waals surface area contributed by atoms with Gasteiger partial charge in [-0.3, -0.25) is 5.10 Å². The van der Waals surface area contributed by atoms with Gasteiger partial charge in [-0.15, -0.1) is 0 Å². The molecule has 0 unspecified atom stereocenters. The fourth-order valence-corrected chi connectivity index (χ4v) is 1.27. The van der Waals surface area contributed by atoms with Gasteiger partial charge in [0, 0.05) is 17.5 Å². The van der Waals surface area contributed by atoms with E-state index in [1.807, 2.05) is 19.9 Å². The van der Waals surface area contributed by atoms with E-state index in [0.29, 0.717) is 0 Å². The molecule has 0 spiro atoms. The number of aromatic nitrogens is 2. The first-order valence-corrected chi connectivity index (χ1v) is 4.40. The molecule has 0 bridgehead atoms. The first-order valence-electron chi connectivity index (χ1n) is 4.40. The standard InChI is InChI=1S/C11H12N4/c1-7(6-13-8(2)5-12)11-9(3)14-15-10(11)4/h6H,1-2H2,3-4H3,(H,14,15). The molecule has 0 fully saturated rings. The Hall–Kier alpha value is -2.15. The van der Waals surface area contributed by atoms with Gasteiger partial charge >= 0.3 is 0 Å². The van der Waals surface area contributed by atoms with Crippen LogP contribution in [0.25, 0.3) is 5.57 Å². The molecule has 0 amide bonds. The molecule has 4 nitrogen and oxygen atoms in total. The molecule has 15 heavy (non-hydrogen) atoms. The number of nitrogens with one attached hydrogen (secondary N) is 1. The van der Waals surface area contributed by atoms with Gasteiger partial charge in [-0.25, -0.2) is 4.99 Å². The lowest BCUT2D eigenvalue weighted by Gasteiger charge is -1.98. The van der Waals surface area contributed by atoms with E-state index in [4.69, 9.17) is 5.26 Å². The smallest absolute Gasteiger partial charge is 0.133 e. The Morgan fingerprint density at radius 1 is 1.53 bits per heavy atom. The Bertz CT molecular complexity index is 452. The minimum Gasteiger partial charge on any atom is -0.282 e. The predicted octanol–water partition coefficient (Wildman–Crippen LogP) is 2.15. The molecule has 4 heteroatoms. The highest BCUT2D eigenvalue weighted by Crippen LogP contribution is 2.17. The Balaban J connectivity index is 2.93. The Kier molecular flexibility index (Phi) is 3.19. The zero-order chi connectivity index (χ0) is 11.4. The molecular weight excluding hydrogens is 188 g/mol. The van der Waals surface area contributed by atoms with Crippen molar-refractivity contribution < 1.29 is 0 Å². The van der Waals surface area contributed by atoms with Crippen molar-refractivity contribution in [3.8, 4) is 6.07 Å². The van der Waals surface area contributed by atoms with Crippen LogP contribution < -0.4 is 0 Å². The molecule has 1 N–H and O–H groups in total. The fourth-order valence-electron chi connectivity index (χ4n) is 1.27. The van der Waals surface area contributed by atoms with Gasteiger partial charge in [-0.2, -0.15) is 10.4 Å². The molecule has 0 saturated heterocycles. The SMILES string of the molecule is C=C(C#N)N=CC(=C)c1c(C)n[nH]c1C. The number of nitrogens with zero attached hydrogens (tertiary/aromatic N) is 3. The van der Waals surface area contributed by atoms with E-state index in [1.54, 1.807) is 0 Å². The summed E-state index contributed by atoms with van der Waals surface area (Å²) in [5.41, 5.74) is 3.62. The van der Waals surface area contributed by atoms with Crippen LogP contribution in [0.5, 0.6) is 0 Å². The molecule has 1 aromatic heterocycles. The molecular formula is C11H12N4. The molecule has 1 aromatic rings. The van der Waals surface area contributed by atoms with Gasteiger partial charge in [0.1, 0.15) is 11.8 Å². The minimum absolute atomic E-state index is 0.162. The number of aliphatic imine (C=N–C) groups is 1. The summed E-state index contributed by atoms with van der Waals surface area (Å²) in [6, 6.07) is 1.84. The van der Waals surface area contributed by atoms with Crippen molar-refractivity contribution in [2.45, 2.75) is 13.8 Å².